The van der Waals surface area contributed by atoms with Gasteiger partial charge in [0.2, 0.25) is 0 Å². The lowest BCUT2D eigenvalue weighted by Gasteiger charge is -2.24. The number of hydrogen-bond donors (Lipinski definition) is 0. The van der Waals surface area contributed by atoms with Gasteiger partial charge in [0.15, 0.2) is 0 Å². The van der Waals surface area contributed by atoms with Crippen LogP contribution in [-0.4, -0.2) is 0 Å². The molecule has 2 atom stereocenters. The van der Waals surface area contributed by atoms with Crippen LogP contribution in [-0.2, 0) is 0 Å². The molecule has 1 aliphatic carbocycles. The molecular weight excluding hydrogens is 139 g/mol. The topological polar surface area (TPSA) is 0 Å². The molecule has 1 heteroatoms. The first-order valence-corrected chi connectivity index (χ1v) is 4.80. The minimum atomic E-state index is 0. The van der Waals surface area contributed by atoms with E-state index in [0.29, 0.717) is 0 Å². The number of rotatable bonds is 0. The van der Waals surface area contributed by atoms with Crippen molar-refractivity contribution in [3.05, 3.63) is 0 Å². The van der Waals surface area contributed by atoms with Crippen molar-refractivity contribution in [3.63, 3.8) is 0 Å². The molecule has 0 N–H and O–H groups in total. The van der Waals surface area contributed by atoms with Crippen LogP contribution < -0.4 is 0 Å². The lowest BCUT2D eigenvalue weighted by molar-refractivity contribution is 0.277. The summed E-state index contributed by atoms with van der Waals surface area (Å²) in [5.74, 6) is 2.01. The molecule has 0 amide bonds. The Labute approximate surface area is 70.8 Å². The van der Waals surface area contributed by atoms with Crippen LogP contribution in [0.15, 0.2) is 0 Å². The first-order valence-electron chi connectivity index (χ1n) is 4.80. The Bertz CT molecular complexity index is 61.3. The molecule has 1 fully saturated rings. The summed E-state index contributed by atoms with van der Waals surface area (Å²) in [7, 11) is 0. The number of hydrogen-bond acceptors (Lipinski definition) is 0. The van der Waals surface area contributed by atoms with Gasteiger partial charge >= 0.3 is 0 Å². The van der Waals surface area contributed by atoms with Crippen LogP contribution in [0.25, 0.3) is 0 Å². The van der Waals surface area contributed by atoms with Gasteiger partial charge < -0.3 is 0 Å². The largest absolute Gasteiger partial charge is 0.269 e. The molecule has 0 nitrogen and oxygen atoms in total. The van der Waals surface area contributed by atoms with Crippen molar-refractivity contribution < 1.29 is 4.70 Å². The van der Waals surface area contributed by atoms with Crippen LogP contribution in [0.2, 0.25) is 0 Å². The molecular formula is C10H23F. The molecule has 0 aliphatic heterocycles. The molecule has 1 aliphatic rings. The van der Waals surface area contributed by atoms with Crippen molar-refractivity contribution >= 4 is 0 Å². The van der Waals surface area contributed by atoms with E-state index < -0.39 is 0 Å². The molecule has 0 saturated heterocycles. The Hall–Kier alpha value is -0.0700. The molecule has 0 spiro atoms. The predicted molar refractivity (Wildman–Crippen MR) is 50.6 cm³/mol. The molecule has 0 aromatic carbocycles. The predicted octanol–water partition coefficient (Wildman–Crippen LogP) is 4.01. The Morgan fingerprint density at radius 1 is 0.818 bits per heavy atom. The summed E-state index contributed by atoms with van der Waals surface area (Å²) in [6, 6.07) is 0. The fourth-order valence-electron chi connectivity index (χ4n) is 1.50. The summed E-state index contributed by atoms with van der Waals surface area (Å²) in [5, 5.41) is 0. The fraction of sp³-hybridized carbons (Fsp3) is 1.00. The van der Waals surface area contributed by atoms with Crippen molar-refractivity contribution in [1.82, 2.24) is 0 Å². The highest BCUT2D eigenvalue weighted by molar-refractivity contribution is 4.67. The maximum absolute atomic E-state index is 2.38. The van der Waals surface area contributed by atoms with Gasteiger partial charge in [0.1, 0.15) is 0 Å². The van der Waals surface area contributed by atoms with Gasteiger partial charge in [-0.15, -0.1) is 0 Å². The van der Waals surface area contributed by atoms with Crippen LogP contribution in [0, 0.1) is 11.8 Å². The molecule has 0 aromatic heterocycles. The summed E-state index contributed by atoms with van der Waals surface area (Å²) in [6.07, 6.45) is 5.90. The van der Waals surface area contributed by atoms with Gasteiger partial charge in [0.25, 0.3) is 0 Å². The van der Waals surface area contributed by atoms with E-state index in [0.717, 1.165) is 11.8 Å². The number of halogens is 1. The summed E-state index contributed by atoms with van der Waals surface area (Å²) in [6.45, 7) is 8.76. The zero-order chi connectivity index (χ0) is 7.98. The van der Waals surface area contributed by atoms with Crippen molar-refractivity contribution in [1.29, 1.82) is 0 Å². The van der Waals surface area contributed by atoms with Gasteiger partial charge in [-0.3, -0.25) is 4.70 Å². The zero-order valence-corrected chi connectivity index (χ0v) is 8.39. The van der Waals surface area contributed by atoms with Crippen LogP contribution in [0.5, 0.6) is 0 Å². The standard InChI is InChI=1S/C8H16.C2H6.FH/c1-7-5-3-4-6-8(7)2;1-2;/h7-8H,3-6H2,1-2H3;1-2H3;1H. The van der Waals surface area contributed by atoms with Crippen molar-refractivity contribution in [2.45, 2.75) is 53.4 Å². The zero-order valence-electron chi connectivity index (χ0n) is 8.39. The Balaban J connectivity index is 0. The Morgan fingerprint density at radius 2 is 1.09 bits per heavy atom. The lowest BCUT2D eigenvalue weighted by Crippen LogP contribution is -2.12. The van der Waals surface area contributed by atoms with E-state index in [-0.39, 0.29) is 4.70 Å². The van der Waals surface area contributed by atoms with Crippen LogP contribution >= 0.6 is 0 Å². The van der Waals surface area contributed by atoms with Crippen molar-refractivity contribution in [3.8, 4) is 0 Å². The molecule has 1 saturated carbocycles. The quantitative estimate of drug-likeness (QED) is 0.505. The summed E-state index contributed by atoms with van der Waals surface area (Å²) in [5.41, 5.74) is 0. The first kappa shape index (κ1) is 13.5. The lowest BCUT2D eigenvalue weighted by atomic mass is 9.82. The van der Waals surface area contributed by atoms with Crippen molar-refractivity contribution in [2.24, 2.45) is 11.8 Å². The third-order valence-electron chi connectivity index (χ3n) is 2.54. The summed E-state index contributed by atoms with van der Waals surface area (Å²) >= 11 is 0. The van der Waals surface area contributed by atoms with Crippen LogP contribution in [0.1, 0.15) is 53.4 Å². The molecule has 1 rings (SSSR count). The Morgan fingerprint density at radius 3 is 1.27 bits per heavy atom. The van der Waals surface area contributed by atoms with Crippen molar-refractivity contribution in [2.75, 3.05) is 0 Å². The van der Waals surface area contributed by atoms with E-state index in [9.17, 15) is 0 Å². The van der Waals surface area contributed by atoms with Gasteiger partial charge in [0.05, 0.1) is 0 Å². The van der Waals surface area contributed by atoms with E-state index in [2.05, 4.69) is 13.8 Å². The van der Waals surface area contributed by atoms with E-state index >= 15 is 0 Å². The maximum atomic E-state index is 2.38. The maximum Gasteiger partial charge on any atom is -0.0417 e. The smallest absolute Gasteiger partial charge is 0.0417 e. The van der Waals surface area contributed by atoms with Gasteiger partial charge in [0, 0.05) is 0 Å². The molecule has 0 radical (unpaired) electrons. The molecule has 0 bridgehead atoms. The van der Waals surface area contributed by atoms with E-state index in [4.69, 9.17) is 0 Å². The van der Waals surface area contributed by atoms with Gasteiger partial charge in [-0.05, 0) is 11.8 Å². The highest BCUT2D eigenvalue weighted by atomic mass is 19.0. The van der Waals surface area contributed by atoms with Gasteiger partial charge in [-0.2, -0.15) is 0 Å². The van der Waals surface area contributed by atoms with Crippen LogP contribution in [0.3, 0.4) is 0 Å². The minimum Gasteiger partial charge on any atom is -0.269 e. The minimum absolute atomic E-state index is 0. The molecule has 70 valence electrons. The SMILES string of the molecule is CC.CC1CCCCC1C.F. The third kappa shape index (κ3) is 5.23. The van der Waals surface area contributed by atoms with Crippen LogP contribution in [0.4, 0.5) is 4.70 Å². The summed E-state index contributed by atoms with van der Waals surface area (Å²) in [4.78, 5) is 0. The average Bonchev–Trinajstić information content (AvgIpc) is 2.00. The molecule has 0 heterocycles. The second-order valence-corrected chi connectivity index (χ2v) is 3.24. The third-order valence-corrected chi connectivity index (χ3v) is 2.54. The van der Waals surface area contributed by atoms with Gasteiger partial charge in [-0.25, -0.2) is 0 Å². The second kappa shape index (κ2) is 8.03. The first-order chi connectivity index (χ1) is 4.80. The Kier molecular flexibility index (Phi) is 9.87. The van der Waals surface area contributed by atoms with E-state index in [1.165, 1.54) is 25.7 Å². The van der Waals surface area contributed by atoms with E-state index in [1.54, 1.807) is 0 Å². The normalized spacial score (nSPS) is 29.5. The molecule has 2 unspecified atom stereocenters. The second-order valence-electron chi connectivity index (χ2n) is 3.24. The fourth-order valence-corrected chi connectivity index (χ4v) is 1.50. The summed E-state index contributed by atoms with van der Waals surface area (Å²) < 4.78 is 0. The highest BCUT2D eigenvalue weighted by Crippen LogP contribution is 2.28. The molecule has 11 heavy (non-hydrogen) atoms. The van der Waals surface area contributed by atoms with E-state index in [1.807, 2.05) is 13.8 Å². The van der Waals surface area contributed by atoms with Gasteiger partial charge in [-0.1, -0.05) is 53.4 Å². The molecule has 0 aromatic rings. The monoisotopic (exact) mass is 162 g/mol. The highest BCUT2D eigenvalue weighted by Gasteiger charge is 2.15. The average molecular weight is 162 g/mol.